The molecule has 0 saturated carbocycles. The van der Waals surface area contributed by atoms with E-state index in [9.17, 15) is 0 Å². The van der Waals surface area contributed by atoms with Crippen LogP contribution in [0.5, 0.6) is 0 Å². The van der Waals surface area contributed by atoms with E-state index in [4.69, 9.17) is 15.2 Å². The van der Waals surface area contributed by atoms with E-state index >= 15 is 0 Å². The third-order valence-electron chi connectivity index (χ3n) is 4.36. The van der Waals surface area contributed by atoms with Gasteiger partial charge in [-0.3, -0.25) is 0 Å². The highest BCUT2D eigenvalue weighted by Crippen LogP contribution is 2.26. The molecule has 1 aromatic rings. The van der Waals surface area contributed by atoms with Crippen LogP contribution in [0.4, 0.5) is 5.69 Å². The molecule has 3 heteroatoms. The van der Waals surface area contributed by atoms with E-state index < -0.39 is 5.79 Å². The van der Waals surface area contributed by atoms with Crippen molar-refractivity contribution in [2.24, 2.45) is 0 Å². The molecule has 126 valence electrons. The van der Waals surface area contributed by atoms with E-state index in [0.29, 0.717) is 0 Å². The van der Waals surface area contributed by atoms with Gasteiger partial charge in [0.05, 0.1) is 0 Å². The SMILES string of the molecule is CCCCCCCCCC(Cc1ccc(N)cc1)(OC)OC. The second kappa shape index (κ2) is 10.6. The minimum absolute atomic E-state index is 0.514. The van der Waals surface area contributed by atoms with Gasteiger partial charge in [-0.15, -0.1) is 0 Å². The maximum atomic E-state index is 5.74. The zero-order valence-electron chi connectivity index (χ0n) is 14.6. The number of hydrogen-bond acceptors (Lipinski definition) is 3. The summed E-state index contributed by atoms with van der Waals surface area (Å²) in [5, 5.41) is 0. The third-order valence-corrected chi connectivity index (χ3v) is 4.36. The van der Waals surface area contributed by atoms with E-state index in [1.165, 1.54) is 44.1 Å². The van der Waals surface area contributed by atoms with Gasteiger partial charge in [0.25, 0.3) is 0 Å². The molecule has 0 fully saturated rings. The normalized spacial score (nSPS) is 11.8. The predicted molar refractivity (Wildman–Crippen MR) is 93.9 cm³/mol. The number of anilines is 1. The summed E-state index contributed by atoms with van der Waals surface area (Å²) >= 11 is 0. The first-order valence-corrected chi connectivity index (χ1v) is 8.60. The van der Waals surface area contributed by atoms with Crippen LogP contribution in [0.25, 0.3) is 0 Å². The van der Waals surface area contributed by atoms with Gasteiger partial charge in [-0.05, 0) is 24.1 Å². The molecule has 3 nitrogen and oxygen atoms in total. The average molecular weight is 307 g/mol. The molecule has 0 atom stereocenters. The van der Waals surface area contributed by atoms with E-state index in [1.54, 1.807) is 14.2 Å². The molecule has 0 heterocycles. The number of ether oxygens (including phenoxy) is 2. The van der Waals surface area contributed by atoms with Gasteiger partial charge in [-0.1, -0.05) is 57.6 Å². The average Bonchev–Trinajstić information content (AvgIpc) is 2.55. The topological polar surface area (TPSA) is 44.5 Å². The minimum atomic E-state index is -0.514. The van der Waals surface area contributed by atoms with Crippen molar-refractivity contribution in [3.63, 3.8) is 0 Å². The van der Waals surface area contributed by atoms with Crippen LogP contribution in [0.1, 0.15) is 63.9 Å². The zero-order chi connectivity index (χ0) is 16.3. The Labute approximate surface area is 136 Å². The second-order valence-corrected chi connectivity index (χ2v) is 6.11. The van der Waals surface area contributed by atoms with Crippen molar-refractivity contribution in [1.29, 1.82) is 0 Å². The summed E-state index contributed by atoms with van der Waals surface area (Å²) in [5.74, 6) is -0.514. The smallest absolute Gasteiger partial charge is 0.171 e. The lowest BCUT2D eigenvalue weighted by atomic mass is 9.98. The predicted octanol–water partition coefficient (Wildman–Crippen LogP) is 4.94. The Kier molecular flexibility index (Phi) is 9.17. The van der Waals surface area contributed by atoms with Gasteiger partial charge in [-0.25, -0.2) is 0 Å². The largest absolute Gasteiger partial charge is 0.399 e. The first-order chi connectivity index (χ1) is 10.7. The Morgan fingerprint density at radius 1 is 0.864 bits per heavy atom. The molecule has 0 unspecified atom stereocenters. The van der Waals surface area contributed by atoms with Crippen molar-refractivity contribution >= 4 is 5.69 Å². The van der Waals surface area contributed by atoms with Crippen molar-refractivity contribution in [2.75, 3.05) is 20.0 Å². The van der Waals surface area contributed by atoms with Gasteiger partial charge in [-0.2, -0.15) is 0 Å². The third kappa shape index (κ3) is 6.80. The van der Waals surface area contributed by atoms with Crippen LogP contribution in [0.3, 0.4) is 0 Å². The van der Waals surface area contributed by atoms with Crippen LogP contribution in [-0.4, -0.2) is 20.0 Å². The van der Waals surface area contributed by atoms with Gasteiger partial charge in [0.15, 0.2) is 5.79 Å². The van der Waals surface area contributed by atoms with E-state index in [2.05, 4.69) is 6.92 Å². The molecular weight excluding hydrogens is 274 g/mol. The standard InChI is InChI=1S/C19H33NO2/c1-4-5-6-7-8-9-10-15-19(21-2,22-3)16-17-11-13-18(20)14-12-17/h11-14H,4-10,15-16,20H2,1-3H3. The minimum Gasteiger partial charge on any atom is -0.399 e. The highest BCUT2D eigenvalue weighted by Gasteiger charge is 2.29. The molecule has 2 N–H and O–H groups in total. The summed E-state index contributed by atoms with van der Waals surface area (Å²) in [4.78, 5) is 0. The fourth-order valence-electron chi connectivity index (χ4n) is 2.82. The number of unbranched alkanes of at least 4 members (excludes halogenated alkanes) is 6. The van der Waals surface area contributed by atoms with Gasteiger partial charge in [0.1, 0.15) is 0 Å². The molecule has 1 aromatic carbocycles. The molecule has 0 amide bonds. The fraction of sp³-hybridized carbons (Fsp3) is 0.684. The molecule has 0 aliphatic rings. The molecule has 0 saturated heterocycles. The summed E-state index contributed by atoms with van der Waals surface area (Å²) in [7, 11) is 3.48. The van der Waals surface area contributed by atoms with Crippen LogP contribution in [0.2, 0.25) is 0 Å². The van der Waals surface area contributed by atoms with Crippen molar-refractivity contribution in [1.82, 2.24) is 0 Å². The Morgan fingerprint density at radius 2 is 1.41 bits per heavy atom. The Hall–Kier alpha value is -1.06. The molecule has 1 rings (SSSR count). The zero-order valence-corrected chi connectivity index (χ0v) is 14.6. The summed E-state index contributed by atoms with van der Waals surface area (Å²) in [6.45, 7) is 2.25. The Morgan fingerprint density at radius 3 is 1.95 bits per heavy atom. The number of nitrogen functional groups attached to an aromatic ring is 1. The first-order valence-electron chi connectivity index (χ1n) is 8.60. The number of rotatable bonds is 12. The van der Waals surface area contributed by atoms with E-state index in [0.717, 1.165) is 24.9 Å². The Bertz CT molecular complexity index is 385. The lowest BCUT2D eigenvalue weighted by molar-refractivity contribution is -0.210. The molecule has 0 aliphatic carbocycles. The fourth-order valence-corrected chi connectivity index (χ4v) is 2.82. The van der Waals surface area contributed by atoms with Gasteiger partial charge in [0, 0.05) is 32.7 Å². The highest BCUT2D eigenvalue weighted by atomic mass is 16.7. The lowest BCUT2D eigenvalue weighted by Gasteiger charge is -2.31. The quantitative estimate of drug-likeness (QED) is 0.338. The van der Waals surface area contributed by atoms with Gasteiger partial charge in [0.2, 0.25) is 0 Å². The lowest BCUT2D eigenvalue weighted by Crippen LogP contribution is -2.36. The summed E-state index contributed by atoms with van der Waals surface area (Å²) in [6, 6.07) is 7.96. The first kappa shape index (κ1) is 19.0. The van der Waals surface area contributed by atoms with E-state index in [-0.39, 0.29) is 0 Å². The maximum absolute atomic E-state index is 5.74. The molecule has 0 radical (unpaired) electrons. The van der Waals surface area contributed by atoms with Crippen LogP contribution in [0, 0.1) is 0 Å². The molecule has 0 aromatic heterocycles. The number of hydrogen-bond donors (Lipinski definition) is 1. The van der Waals surface area contributed by atoms with Crippen molar-refractivity contribution < 1.29 is 9.47 Å². The molecule has 0 bridgehead atoms. The van der Waals surface area contributed by atoms with Gasteiger partial charge >= 0.3 is 0 Å². The van der Waals surface area contributed by atoms with Crippen molar-refractivity contribution in [3.8, 4) is 0 Å². The van der Waals surface area contributed by atoms with Crippen LogP contribution >= 0.6 is 0 Å². The van der Waals surface area contributed by atoms with Crippen LogP contribution in [0.15, 0.2) is 24.3 Å². The number of nitrogens with two attached hydrogens (primary N) is 1. The highest BCUT2D eigenvalue weighted by molar-refractivity contribution is 5.39. The van der Waals surface area contributed by atoms with E-state index in [1.807, 2.05) is 24.3 Å². The number of benzene rings is 1. The molecule has 0 aliphatic heterocycles. The Balaban J connectivity index is 2.40. The second-order valence-electron chi connectivity index (χ2n) is 6.11. The van der Waals surface area contributed by atoms with Crippen molar-refractivity contribution in [3.05, 3.63) is 29.8 Å². The summed E-state index contributed by atoms with van der Waals surface area (Å²) in [5.41, 5.74) is 7.72. The van der Waals surface area contributed by atoms with Crippen LogP contribution < -0.4 is 5.73 Å². The molecular formula is C19H33NO2. The molecule has 22 heavy (non-hydrogen) atoms. The molecule has 0 spiro atoms. The maximum Gasteiger partial charge on any atom is 0.171 e. The van der Waals surface area contributed by atoms with Crippen LogP contribution in [-0.2, 0) is 15.9 Å². The number of methoxy groups -OCH3 is 2. The van der Waals surface area contributed by atoms with Crippen molar-refractivity contribution in [2.45, 2.75) is 70.5 Å². The monoisotopic (exact) mass is 307 g/mol. The van der Waals surface area contributed by atoms with Gasteiger partial charge < -0.3 is 15.2 Å². The summed E-state index contributed by atoms with van der Waals surface area (Å²) in [6.07, 6.45) is 10.8. The summed E-state index contributed by atoms with van der Waals surface area (Å²) < 4.78 is 11.4.